The number of aryl methyl sites for hydroxylation is 2. The van der Waals surface area contributed by atoms with Crippen LogP contribution in [0.2, 0.25) is 0 Å². The molecule has 4 rings (SSSR count). The number of carbonyl (C=O) groups excluding carboxylic acids is 1. The highest BCUT2D eigenvalue weighted by Crippen LogP contribution is 2.25. The van der Waals surface area contributed by atoms with Gasteiger partial charge in [-0.15, -0.1) is 0 Å². The van der Waals surface area contributed by atoms with Gasteiger partial charge in [-0.3, -0.25) is 9.59 Å². The Kier molecular flexibility index (Phi) is 4.75. The Morgan fingerprint density at radius 3 is 3.04 bits per heavy atom. The number of hydrogen-bond donors (Lipinski definition) is 1. The topological polar surface area (TPSA) is 83.4 Å². The first-order valence-corrected chi connectivity index (χ1v) is 9.37. The third kappa shape index (κ3) is 3.92. The van der Waals surface area contributed by atoms with Crippen LogP contribution in [0, 0.1) is 6.92 Å². The molecule has 27 heavy (non-hydrogen) atoms. The van der Waals surface area contributed by atoms with Gasteiger partial charge in [0, 0.05) is 43.9 Å². The zero-order valence-electron chi connectivity index (χ0n) is 15.4. The minimum absolute atomic E-state index is 0.124. The first-order chi connectivity index (χ1) is 13.1. The number of fused-ring (bicyclic) bond motifs is 1. The van der Waals surface area contributed by atoms with Crippen molar-refractivity contribution in [3.05, 3.63) is 64.2 Å². The third-order valence-electron chi connectivity index (χ3n) is 5.08. The van der Waals surface area contributed by atoms with Gasteiger partial charge in [-0.1, -0.05) is 6.07 Å². The lowest BCUT2D eigenvalue weighted by atomic mass is 9.94. The maximum absolute atomic E-state index is 12.7. The van der Waals surface area contributed by atoms with Gasteiger partial charge in [0.1, 0.15) is 11.5 Å². The molecule has 1 amide bonds. The third-order valence-corrected chi connectivity index (χ3v) is 5.08. The predicted octanol–water partition coefficient (Wildman–Crippen LogP) is 2.06. The normalized spacial score (nSPS) is 17.4. The number of H-pyrrole nitrogens is 1. The Morgan fingerprint density at radius 1 is 1.33 bits per heavy atom. The van der Waals surface area contributed by atoms with Gasteiger partial charge in [-0.25, -0.2) is 9.97 Å². The number of nitrogens with one attached hydrogen (secondary N) is 1. The van der Waals surface area contributed by atoms with Crippen molar-refractivity contribution < 1.29 is 4.79 Å². The Morgan fingerprint density at radius 2 is 2.22 bits per heavy atom. The van der Waals surface area contributed by atoms with Crippen molar-refractivity contribution in [3.63, 3.8) is 0 Å². The second kappa shape index (κ2) is 7.34. The molecule has 0 saturated carbocycles. The molecule has 1 atom stereocenters. The van der Waals surface area contributed by atoms with Crippen LogP contribution in [-0.2, 0) is 11.2 Å². The Labute approximate surface area is 157 Å². The number of hydrogen-bond acceptors (Lipinski definition) is 4. The molecule has 1 fully saturated rings. The summed E-state index contributed by atoms with van der Waals surface area (Å²) in [5.74, 6) is 0.880. The molecule has 0 radical (unpaired) electrons. The minimum atomic E-state index is -0.132. The van der Waals surface area contributed by atoms with Gasteiger partial charge in [-0.2, -0.15) is 0 Å². The Bertz CT molecular complexity index is 989. The number of nitrogens with zero attached hydrogens (tertiary/aromatic N) is 4. The lowest BCUT2D eigenvalue weighted by Crippen LogP contribution is -2.39. The van der Waals surface area contributed by atoms with Crippen molar-refractivity contribution in [2.75, 3.05) is 13.1 Å². The number of amides is 1. The van der Waals surface area contributed by atoms with Crippen molar-refractivity contribution in [1.82, 2.24) is 24.3 Å². The van der Waals surface area contributed by atoms with Crippen LogP contribution in [0.5, 0.6) is 0 Å². The number of aromatic amines is 1. The first kappa shape index (κ1) is 17.5. The van der Waals surface area contributed by atoms with E-state index >= 15 is 0 Å². The van der Waals surface area contributed by atoms with Crippen LogP contribution in [-0.4, -0.2) is 43.2 Å². The number of carbonyl (C=O) groups is 1. The van der Waals surface area contributed by atoms with Crippen LogP contribution in [0.3, 0.4) is 0 Å². The van der Waals surface area contributed by atoms with Crippen molar-refractivity contribution >= 4 is 11.6 Å². The van der Waals surface area contributed by atoms with Crippen molar-refractivity contribution in [1.29, 1.82) is 0 Å². The van der Waals surface area contributed by atoms with Crippen LogP contribution in [0.1, 0.15) is 42.4 Å². The van der Waals surface area contributed by atoms with Gasteiger partial charge in [-0.05, 0) is 38.3 Å². The van der Waals surface area contributed by atoms with E-state index in [9.17, 15) is 9.59 Å². The highest BCUT2D eigenvalue weighted by atomic mass is 16.2. The molecule has 0 aromatic carbocycles. The fourth-order valence-electron chi connectivity index (χ4n) is 3.76. The molecule has 1 N–H and O–H groups in total. The monoisotopic (exact) mass is 365 g/mol. The average molecular weight is 365 g/mol. The number of piperidine rings is 1. The fourth-order valence-corrected chi connectivity index (χ4v) is 3.76. The van der Waals surface area contributed by atoms with Crippen LogP contribution in [0.15, 0.2) is 41.5 Å². The fraction of sp³-hybridized carbons (Fsp3) is 0.400. The summed E-state index contributed by atoms with van der Waals surface area (Å²) in [7, 11) is 0. The van der Waals surface area contributed by atoms with Crippen molar-refractivity contribution in [3.8, 4) is 0 Å². The Balaban J connectivity index is 1.40. The van der Waals surface area contributed by atoms with Gasteiger partial charge < -0.3 is 14.3 Å². The number of likely N-dealkylation sites (tertiary alicyclic amines) is 1. The molecule has 1 unspecified atom stereocenters. The lowest BCUT2D eigenvalue weighted by Gasteiger charge is -2.32. The van der Waals surface area contributed by atoms with E-state index in [0.29, 0.717) is 25.2 Å². The van der Waals surface area contributed by atoms with Crippen LogP contribution >= 0.6 is 0 Å². The number of imidazole rings is 1. The molecule has 0 aliphatic carbocycles. The van der Waals surface area contributed by atoms with Gasteiger partial charge in [0.2, 0.25) is 5.91 Å². The number of aromatic nitrogens is 4. The maximum Gasteiger partial charge on any atom is 0.251 e. The highest BCUT2D eigenvalue weighted by molar-refractivity contribution is 5.76. The minimum Gasteiger partial charge on any atom is -0.342 e. The molecule has 0 spiro atoms. The second-order valence-electron chi connectivity index (χ2n) is 7.13. The van der Waals surface area contributed by atoms with Gasteiger partial charge in [0.25, 0.3) is 5.56 Å². The molecular weight excluding hydrogens is 342 g/mol. The summed E-state index contributed by atoms with van der Waals surface area (Å²) in [6.45, 7) is 3.17. The quantitative estimate of drug-likeness (QED) is 0.767. The van der Waals surface area contributed by atoms with Crippen molar-refractivity contribution in [2.45, 2.75) is 38.5 Å². The molecule has 140 valence electrons. The van der Waals surface area contributed by atoms with Crippen LogP contribution in [0.25, 0.3) is 5.65 Å². The summed E-state index contributed by atoms with van der Waals surface area (Å²) in [6, 6.07) is 7.43. The van der Waals surface area contributed by atoms with Gasteiger partial charge >= 0.3 is 0 Å². The SMILES string of the molecule is Cc1nc(C2CCCN(C(=O)CCc3cn4ccccc4n3)C2)cc(=O)[nH]1. The lowest BCUT2D eigenvalue weighted by molar-refractivity contribution is -0.132. The average Bonchev–Trinajstić information content (AvgIpc) is 3.08. The molecule has 1 saturated heterocycles. The van der Waals surface area contributed by atoms with E-state index in [1.807, 2.05) is 39.9 Å². The molecular formula is C20H23N5O2. The summed E-state index contributed by atoms with van der Waals surface area (Å²) in [4.78, 5) is 38.0. The Hall–Kier alpha value is -2.96. The van der Waals surface area contributed by atoms with Crippen molar-refractivity contribution in [2.24, 2.45) is 0 Å². The number of rotatable bonds is 4. The molecule has 3 aromatic heterocycles. The van der Waals surface area contributed by atoms with E-state index in [1.165, 1.54) is 0 Å². The molecule has 1 aliphatic heterocycles. The van der Waals surface area contributed by atoms with E-state index < -0.39 is 0 Å². The van der Waals surface area contributed by atoms with Crippen LogP contribution in [0.4, 0.5) is 0 Å². The predicted molar refractivity (Wildman–Crippen MR) is 102 cm³/mol. The standard InChI is InChI=1S/C20H23N5O2/c1-14-21-17(11-19(26)22-14)15-5-4-10-25(12-15)20(27)8-7-16-13-24-9-3-2-6-18(24)23-16/h2-3,6,9,11,13,15H,4-5,7-8,10,12H2,1H3,(H,21,22,26). The van der Waals surface area contributed by atoms with E-state index in [0.717, 1.165) is 36.4 Å². The summed E-state index contributed by atoms with van der Waals surface area (Å²) in [5, 5.41) is 0. The molecule has 4 heterocycles. The zero-order valence-corrected chi connectivity index (χ0v) is 15.4. The highest BCUT2D eigenvalue weighted by Gasteiger charge is 2.26. The summed E-state index contributed by atoms with van der Waals surface area (Å²) in [6.07, 6.45) is 6.89. The smallest absolute Gasteiger partial charge is 0.251 e. The molecule has 3 aromatic rings. The summed E-state index contributed by atoms with van der Waals surface area (Å²) < 4.78 is 1.97. The summed E-state index contributed by atoms with van der Waals surface area (Å²) in [5.41, 5.74) is 2.48. The van der Waals surface area contributed by atoms with Crippen LogP contribution < -0.4 is 5.56 Å². The molecule has 1 aliphatic rings. The van der Waals surface area contributed by atoms with Gasteiger partial charge in [0.05, 0.1) is 11.4 Å². The zero-order chi connectivity index (χ0) is 18.8. The molecule has 7 nitrogen and oxygen atoms in total. The maximum atomic E-state index is 12.7. The first-order valence-electron chi connectivity index (χ1n) is 9.37. The van der Waals surface area contributed by atoms with E-state index in [1.54, 1.807) is 13.0 Å². The molecule has 0 bridgehead atoms. The number of pyridine rings is 1. The van der Waals surface area contributed by atoms with E-state index in [-0.39, 0.29) is 17.4 Å². The van der Waals surface area contributed by atoms with E-state index in [4.69, 9.17) is 0 Å². The largest absolute Gasteiger partial charge is 0.342 e. The van der Waals surface area contributed by atoms with Gasteiger partial charge in [0.15, 0.2) is 0 Å². The second-order valence-corrected chi connectivity index (χ2v) is 7.13. The summed E-state index contributed by atoms with van der Waals surface area (Å²) >= 11 is 0. The molecule has 7 heteroatoms. The van der Waals surface area contributed by atoms with E-state index in [2.05, 4.69) is 15.0 Å².